The van der Waals surface area contributed by atoms with Gasteiger partial charge in [-0.1, -0.05) is 5.21 Å². The third-order valence-corrected chi connectivity index (χ3v) is 5.17. The summed E-state index contributed by atoms with van der Waals surface area (Å²) in [5.41, 5.74) is 0.984. The molecule has 4 aromatic heterocycles. The highest BCUT2D eigenvalue weighted by atomic mass is 19.1. The van der Waals surface area contributed by atoms with Crippen LogP contribution in [0.15, 0.2) is 43.0 Å². The summed E-state index contributed by atoms with van der Waals surface area (Å²) in [6.45, 7) is 1.37. The number of aromatic nitrogens is 7. The molecule has 0 unspecified atom stereocenters. The number of pyridine rings is 2. The Morgan fingerprint density at radius 1 is 1.03 bits per heavy atom. The molecule has 4 heterocycles. The molecule has 0 aromatic carbocycles. The Morgan fingerprint density at radius 3 is 2.42 bits per heavy atom. The molecule has 0 fully saturated rings. The number of halogens is 2. The Balaban J connectivity index is 1.43. The minimum Gasteiger partial charge on any atom is -0.441 e. The maximum atomic E-state index is 13.9. The maximum Gasteiger partial charge on any atom is 0.413 e. The normalized spacial score (nSPS) is 11.5. The second kappa shape index (κ2) is 10.9. The van der Waals surface area contributed by atoms with Gasteiger partial charge in [-0.05, 0) is 25.1 Å². The lowest BCUT2D eigenvalue weighted by Gasteiger charge is -2.15. The van der Waals surface area contributed by atoms with Gasteiger partial charge in [-0.15, -0.1) is 5.10 Å². The third kappa shape index (κ3) is 5.83. The van der Waals surface area contributed by atoms with Gasteiger partial charge in [-0.25, -0.2) is 28.8 Å². The van der Waals surface area contributed by atoms with Gasteiger partial charge in [0.2, 0.25) is 11.9 Å². The van der Waals surface area contributed by atoms with Gasteiger partial charge in [0.1, 0.15) is 11.9 Å². The quantitative estimate of drug-likeness (QED) is 0.345. The molecular formula is C23H22F2N10O3. The van der Waals surface area contributed by atoms with Crippen LogP contribution in [0.4, 0.5) is 31.0 Å². The number of aryl methyl sites for hydroxylation is 1. The monoisotopic (exact) mass is 524 g/mol. The van der Waals surface area contributed by atoms with Crippen molar-refractivity contribution in [2.45, 2.75) is 13.0 Å². The van der Waals surface area contributed by atoms with Gasteiger partial charge in [0, 0.05) is 33.5 Å². The number of carbonyl (C=O) groups is 2. The number of ether oxygens (including phenoxy) is 1. The predicted molar refractivity (Wildman–Crippen MR) is 131 cm³/mol. The van der Waals surface area contributed by atoms with Crippen LogP contribution >= 0.6 is 0 Å². The zero-order valence-electron chi connectivity index (χ0n) is 20.7. The fourth-order valence-electron chi connectivity index (χ4n) is 3.22. The lowest BCUT2D eigenvalue weighted by molar-refractivity contribution is 0.102. The summed E-state index contributed by atoms with van der Waals surface area (Å²) in [5, 5.41) is 13.1. The van der Waals surface area contributed by atoms with Gasteiger partial charge in [0.15, 0.2) is 11.5 Å². The van der Waals surface area contributed by atoms with Crippen molar-refractivity contribution < 1.29 is 23.1 Å². The Hall–Kier alpha value is -5.08. The highest BCUT2D eigenvalue weighted by Gasteiger charge is 2.21. The van der Waals surface area contributed by atoms with Crippen molar-refractivity contribution in [2.24, 2.45) is 7.05 Å². The van der Waals surface area contributed by atoms with Gasteiger partial charge in [-0.3, -0.25) is 15.1 Å². The summed E-state index contributed by atoms with van der Waals surface area (Å²) in [4.78, 5) is 42.5. The van der Waals surface area contributed by atoms with E-state index in [9.17, 15) is 18.4 Å². The van der Waals surface area contributed by atoms with Crippen molar-refractivity contribution in [3.05, 3.63) is 65.9 Å². The van der Waals surface area contributed by atoms with Gasteiger partial charge >= 0.3 is 6.09 Å². The molecule has 38 heavy (non-hydrogen) atoms. The van der Waals surface area contributed by atoms with Crippen LogP contribution in [-0.2, 0) is 11.8 Å². The molecule has 13 nitrogen and oxygen atoms in total. The SMILES string of the molecule is C[C@@H](OC(=O)Nc1c(-c2ccc(NC(=O)c3cnc(N(C)C)nc3)cn2)nnn1C)c1cc(F)cnc1F. The Kier molecular flexibility index (Phi) is 7.45. The maximum absolute atomic E-state index is 13.9. The third-order valence-electron chi connectivity index (χ3n) is 5.17. The average molecular weight is 524 g/mol. The minimum absolute atomic E-state index is 0.141. The van der Waals surface area contributed by atoms with Crippen molar-refractivity contribution >= 4 is 29.5 Å². The van der Waals surface area contributed by atoms with Crippen LogP contribution < -0.4 is 15.5 Å². The van der Waals surface area contributed by atoms with Gasteiger partial charge in [0.05, 0.1) is 34.9 Å². The zero-order chi connectivity index (χ0) is 27.4. The summed E-state index contributed by atoms with van der Waals surface area (Å²) < 4.78 is 33.8. The second-order valence-corrected chi connectivity index (χ2v) is 8.17. The van der Waals surface area contributed by atoms with Crippen LogP contribution in [0, 0.1) is 11.8 Å². The molecule has 0 aliphatic rings. The van der Waals surface area contributed by atoms with Gasteiger partial charge < -0.3 is 15.0 Å². The van der Waals surface area contributed by atoms with Gasteiger partial charge in [0.25, 0.3) is 5.91 Å². The first-order valence-electron chi connectivity index (χ1n) is 11.1. The number of hydrogen-bond donors (Lipinski definition) is 2. The summed E-state index contributed by atoms with van der Waals surface area (Å²) in [6.07, 6.45) is 2.86. The topological polar surface area (TPSA) is 153 Å². The smallest absolute Gasteiger partial charge is 0.413 e. The molecule has 0 aliphatic carbocycles. The number of anilines is 3. The van der Waals surface area contributed by atoms with Crippen molar-refractivity contribution in [2.75, 3.05) is 29.6 Å². The molecule has 0 radical (unpaired) electrons. The zero-order valence-corrected chi connectivity index (χ0v) is 20.7. The molecule has 0 aliphatic heterocycles. The molecule has 15 heteroatoms. The van der Waals surface area contributed by atoms with E-state index >= 15 is 0 Å². The van der Waals surface area contributed by atoms with E-state index in [0.29, 0.717) is 17.3 Å². The summed E-state index contributed by atoms with van der Waals surface area (Å²) >= 11 is 0. The molecule has 0 saturated carbocycles. The van der Waals surface area contributed by atoms with Crippen molar-refractivity contribution in [1.82, 2.24) is 34.9 Å². The summed E-state index contributed by atoms with van der Waals surface area (Å²) in [7, 11) is 5.11. The van der Waals surface area contributed by atoms with E-state index in [4.69, 9.17) is 4.74 Å². The summed E-state index contributed by atoms with van der Waals surface area (Å²) in [5.74, 6) is -1.53. The molecule has 0 bridgehead atoms. The van der Waals surface area contributed by atoms with E-state index in [0.717, 1.165) is 12.3 Å². The van der Waals surface area contributed by atoms with E-state index in [-0.39, 0.29) is 22.6 Å². The first kappa shape index (κ1) is 26.0. The van der Waals surface area contributed by atoms with Crippen molar-refractivity contribution in [1.29, 1.82) is 0 Å². The molecule has 2 amide bonds. The first-order valence-corrected chi connectivity index (χ1v) is 11.1. The van der Waals surface area contributed by atoms with Crippen LogP contribution in [-0.4, -0.2) is 61.0 Å². The lowest BCUT2D eigenvalue weighted by Crippen LogP contribution is -2.19. The van der Waals surface area contributed by atoms with Crippen molar-refractivity contribution in [3.8, 4) is 11.4 Å². The van der Waals surface area contributed by atoms with E-state index in [1.807, 2.05) is 0 Å². The molecule has 0 saturated heterocycles. The van der Waals surface area contributed by atoms with Crippen LogP contribution in [0.2, 0.25) is 0 Å². The molecule has 4 aromatic rings. The van der Waals surface area contributed by atoms with Gasteiger partial charge in [-0.2, -0.15) is 4.39 Å². The number of carbonyl (C=O) groups excluding carboxylic acids is 2. The number of rotatable bonds is 7. The number of nitrogens with zero attached hydrogens (tertiary/aromatic N) is 8. The first-order chi connectivity index (χ1) is 18.1. The largest absolute Gasteiger partial charge is 0.441 e. The fraction of sp³-hybridized carbons (Fsp3) is 0.217. The Bertz CT molecular complexity index is 1460. The average Bonchev–Trinajstić information content (AvgIpc) is 3.25. The Labute approximate surface area is 214 Å². The van der Waals surface area contributed by atoms with Crippen LogP contribution in [0.3, 0.4) is 0 Å². The standard InChI is InChI=1S/C23H22F2N10O3/c1-12(16-7-14(24)10-27-19(16)25)38-23(37)31-20-18(32-33-35(20)4)17-6-5-15(11-26-17)30-21(36)13-8-28-22(29-9-13)34(2)3/h5-12H,1-4H3,(H,30,36)(H,31,37)/t12-/m1/s1. The molecule has 0 spiro atoms. The molecule has 1 atom stereocenters. The Morgan fingerprint density at radius 2 is 1.76 bits per heavy atom. The number of nitrogens with one attached hydrogen (secondary N) is 2. The molecule has 4 rings (SSSR count). The van der Waals surface area contributed by atoms with Crippen LogP contribution in [0.1, 0.15) is 28.9 Å². The molecule has 196 valence electrons. The molecule has 2 N–H and O–H groups in total. The number of hydrogen-bond acceptors (Lipinski definition) is 10. The van der Waals surface area contributed by atoms with Crippen LogP contribution in [0.25, 0.3) is 11.4 Å². The lowest BCUT2D eigenvalue weighted by atomic mass is 10.2. The van der Waals surface area contributed by atoms with E-state index in [1.165, 1.54) is 37.2 Å². The highest BCUT2D eigenvalue weighted by Crippen LogP contribution is 2.26. The minimum atomic E-state index is -1.13. The fourth-order valence-corrected chi connectivity index (χ4v) is 3.22. The summed E-state index contributed by atoms with van der Waals surface area (Å²) in [6, 6.07) is 4.06. The highest BCUT2D eigenvalue weighted by molar-refractivity contribution is 6.03. The van der Waals surface area contributed by atoms with E-state index in [2.05, 4.69) is 40.9 Å². The van der Waals surface area contributed by atoms with Crippen molar-refractivity contribution in [3.63, 3.8) is 0 Å². The molecular weight excluding hydrogens is 502 g/mol. The predicted octanol–water partition coefficient (Wildman–Crippen LogP) is 2.97. The number of amides is 2. The van der Waals surface area contributed by atoms with E-state index < -0.39 is 29.9 Å². The second-order valence-electron chi connectivity index (χ2n) is 8.17. The van der Waals surface area contributed by atoms with Crippen LogP contribution in [0.5, 0.6) is 0 Å². The van der Waals surface area contributed by atoms with E-state index in [1.54, 1.807) is 31.1 Å².